The second kappa shape index (κ2) is 6.48. The number of nitrogen functional groups attached to an aromatic ring is 1. The molecule has 0 aromatic carbocycles. The first-order chi connectivity index (χ1) is 11.7. The Kier molecular flexibility index (Phi) is 4.66. The monoisotopic (exact) mass is 375 g/mol. The number of hydrogen-bond acceptors (Lipinski definition) is 9. The Balaban J connectivity index is 1.87. The number of aliphatic hydroxyl groups is 1. The quantitative estimate of drug-likeness (QED) is 0.492. The van der Waals surface area contributed by atoms with E-state index >= 15 is 0 Å². The van der Waals surface area contributed by atoms with Crippen LogP contribution in [-0.4, -0.2) is 55.4 Å². The minimum Gasteiger partial charge on any atom is -0.390 e. The number of imidazole rings is 1. The third kappa shape index (κ3) is 3.32. The van der Waals surface area contributed by atoms with E-state index in [2.05, 4.69) is 19.5 Å². The second-order valence-corrected chi connectivity index (χ2v) is 7.20. The summed E-state index contributed by atoms with van der Waals surface area (Å²) in [7, 11) is -3.16. The molecule has 1 fully saturated rings. The van der Waals surface area contributed by atoms with Crippen LogP contribution >= 0.6 is 7.82 Å². The summed E-state index contributed by atoms with van der Waals surface area (Å²) < 4.78 is 27.7. The lowest BCUT2D eigenvalue weighted by molar-refractivity contribution is -0.0446. The third-order valence-electron chi connectivity index (χ3n) is 4.04. The molecule has 3 rings (SSSR count). The van der Waals surface area contributed by atoms with Gasteiger partial charge >= 0.3 is 7.82 Å². The largest absolute Gasteiger partial charge is 0.472 e. The van der Waals surface area contributed by atoms with Crippen LogP contribution in [-0.2, 0) is 18.3 Å². The van der Waals surface area contributed by atoms with Crippen molar-refractivity contribution in [3.05, 3.63) is 16.7 Å². The number of aromatic amines is 1. The Bertz CT molecular complexity index is 882. The second-order valence-electron chi connectivity index (χ2n) is 5.64. The van der Waals surface area contributed by atoms with Crippen molar-refractivity contribution in [1.29, 1.82) is 0 Å². The Morgan fingerprint density at radius 1 is 1.56 bits per heavy atom. The summed E-state index contributed by atoms with van der Waals surface area (Å²) in [5.41, 5.74) is 5.36. The first-order valence-electron chi connectivity index (χ1n) is 7.32. The summed E-state index contributed by atoms with van der Waals surface area (Å²) >= 11 is 0. The number of fused-ring (bicyclic) bond motifs is 1. The molecule has 0 spiro atoms. The van der Waals surface area contributed by atoms with E-state index in [9.17, 15) is 19.4 Å². The van der Waals surface area contributed by atoms with E-state index in [1.165, 1.54) is 10.9 Å². The zero-order valence-electron chi connectivity index (χ0n) is 13.4. The highest BCUT2D eigenvalue weighted by molar-refractivity contribution is 7.47. The van der Waals surface area contributed by atoms with Crippen molar-refractivity contribution in [3.63, 3.8) is 0 Å². The molecule has 13 heteroatoms. The number of rotatable bonds is 5. The molecule has 1 aliphatic rings. The Labute approximate surface area is 141 Å². The Morgan fingerprint density at radius 2 is 2.28 bits per heavy atom. The molecule has 1 saturated heterocycles. The van der Waals surface area contributed by atoms with Gasteiger partial charge in [0, 0.05) is 13.0 Å². The topological polar surface area (TPSA) is 175 Å². The molecule has 12 nitrogen and oxygen atoms in total. The maximum absolute atomic E-state index is 11.8. The molecular formula is C12H18N5O7P. The smallest absolute Gasteiger partial charge is 0.390 e. The molecule has 138 valence electrons. The predicted molar refractivity (Wildman–Crippen MR) is 84.4 cm³/mol. The summed E-state index contributed by atoms with van der Waals surface area (Å²) in [5.74, 6) is -0.513. The van der Waals surface area contributed by atoms with Crippen LogP contribution in [0.5, 0.6) is 0 Å². The number of nitrogens with two attached hydrogens (primary N) is 1. The first-order valence-corrected chi connectivity index (χ1v) is 8.82. The van der Waals surface area contributed by atoms with Gasteiger partial charge in [-0.1, -0.05) is 6.92 Å². The number of phosphoric ester groups is 1. The Hall–Kier alpha value is -1.82. The van der Waals surface area contributed by atoms with Gasteiger partial charge in [0.1, 0.15) is 12.3 Å². The lowest BCUT2D eigenvalue weighted by atomic mass is 10.0. The summed E-state index contributed by atoms with van der Waals surface area (Å²) in [6.07, 6.45) is -1.23. The fourth-order valence-electron chi connectivity index (χ4n) is 2.70. The normalized spacial score (nSPS) is 29.1. The van der Waals surface area contributed by atoms with Crippen LogP contribution in [0, 0.1) is 5.92 Å². The summed E-state index contributed by atoms with van der Waals surface area (Å²) in [6, 6.07) is 0. The number of aromatic nitrogens is 4. The van der Waals surface area contributed by atoms with Gasteiger partial charge in [0.2, 0.25) is 5.95 Å². The summed E-state index contributed by atoms with van der Waals surface area (Å²) in [6.45, 7) is 1.36. The average molecular weight is 375 g/mol. The lowest BCUT2D eigenvalue weighted by Gasteiger charge is -2.17. The van der Waals surface area contributed by atoms with Crippen LogP contribution in [0.2, 0.25) is 0 Å². The molecule has 25 heavy (non-hydrogen) atoms. The maximum Gasteiger partial charge on any atom is 0.472 e. The summed E-state index contributed by atoms with van der Waals surface area (Å²) in [4.78, 5) is 31.5. The first kappa shape index (κ1) is 18.0. The van der Waals surface area contributed by atoms with E-state index < -0.39 is 37.7 Å². The van der Waals surface area contributed by atoms with Gasteiger partial charge in [0.05, 0.1) is 19.0 Å². The molecule has 5 N–H and O–H groups in total. The van der Waals surface area contributed by atoms with Gasteiger partial charge in [-0.25, -0.2) is 9.55 Å². The fraction of sp³-hybridized carbons (Fsp3) is 0.583. The summed E-state index contributed by atoms with van der Waals surface area (Å²) in [5, 5.41) is 10.3. The average Bonchev–Trinajstić information content (AvgIpc) is 3.08. The molecule has 0 amide bonds. The molecule has 5 atom stereocenters. The van der Waals surface area contributed by atoms with Crippen molar-refractivity contribution in [1.82, 2.24) is 19.5 Å². The zero-order valence-corrected chi connectivity index (χ0v) is 14.3. The van der Waals surface area contributed by atoms with Crippen molar-refractivity contribution in [2.24, 2.45) is 5.92 Å². The van der Waals surface area contributed by atoms with Crippen LogP contribution < -0.4 is 11.3 Å². The number of phosphoric acid groups is 1. The van der Waals surface area contributed by atoms with E-state index in [1.54, 1.807) is 6.92 Å². The van der Waals surface area contributed by atoms with Crippen LogP contribution in [0.15, 0.2) is 11.1 Å². The van der Waals surface area contributed by atoms with Gasteiger partial charge in [-0.2, -0.15) is 4.98 Å². The third-order valence-corrected chi connectivity index (χ3v) is 4.98. The molecule has 2 aromatic rings. The zero-order chi connectivity index (χ0) is 18.4. The van der Waals surface area contributed by atoms with E-state index in [1.807, 2.05) is 0 Å². The van der Waals surface area contributed by atoms with Crippen LogP contribution in [0.3, 0.4) is 0 Å². The molecule has 0 radical (unpaired) electrons. The number of nitrogens with zero attached hydrogens (tertiary/aromatic N) is 3. The SMILES string of the molecule is COP(=O)(O)OC[C@H]1O[C@@H](n2cnc3c(=O)[nH]c(N)nc32)[C@@H](C)[C@@H]1O. The highest BCUT2D eigenvalue weighted by atomic mass is 31.2. The predicted octanol–water partition coefficient (Wildman–Crippen LogP) is -0.640. The Morgan fingerprint density at radius 3 is 2.96 bits per heavy atom. The van der Waals surface area contributed by atoms with Crippen molar-refractivity contribution in [2.75, 3.05) is 19.5 Å². The van der Waals surface area contributed by atoms with Crippen LogP contribution in [0.4, 0.5) is 5.95 Å². The standard InChI is InChI=1S/C12H18N5O7P/c1-5-8(18)6(3-23-25(20,21)22-2)24-11(5)17-4-14-7-9(17)15-12(13)16-10(7)19/h4-6,8,11,18H,3H2,1-2H3,(H,20,21)(H3,13,15,16,19)/t5-,6+,8-,11+/m0/s1. The molecule has 2 aromatic heterocycles. The van der Waals surface area contributed by atoms with Crippen molar-refractivity contribution in [3.8, 4) is 0 Å². The van der Waals surface area contributed by atoms with Gasteiger partial charge in [0.15, 0.2) is 11.2 Å². The number of ether oxygens (including phenoxy) is 1. The number of H-pyrrole nitrogens is 1. The fourth-order valence-corrected chi connectivity index (χ4v) is 3.14. The van der Waals surface area contributed by atoms with Gasteiger partial charge in [-0.15, -0.1) is 0 Å². The van der Waals surface area contributed by atoms with Crippen molar-refractivity contribution < 1.29 is 28.3 Å². The number of hydrogen-bond donors (Lipinski definition) is 4. The molecule has 0 bridgehead atoms. The van der Waals surface area contributed by atoms with E-state index in [0.717, 1.165) is 7.11 Å². The van der Waals surface area contributed by atoms with Gasteiger partial charge in [-0.05, 0) is 0 Å². The maximum atomic E-state index is 11.8. The molecule has 1 aliphatic heterocycles. The van der Waals surface area contributed by atoms with Crippen LogP contribution in [0.25, 0.3) is 11.2 Å². The minimum atomic E-state index is -4.19. The molecule has 3 heterocycles. The minimum absolute atomic E-state index is 0.0772. The number of anilines is 1. The van der Waals surface area contributed by atoms with Crippen molar-refractivity contribution in [2.45, 2.75) is 25.4 Å². The van der Waals surface area contributed by atoms with E-state index in [4.69, 9.17) is 15.0 Å². The van der Waals surface area contributed by atoms with E-state index in [0.29, 0.717) is 0 Å². The van der Waals surface area contributed by atoms with Crippen LogP contribution in [0.1, 0.15) is 13.2 Å². The van der Waals surface area contributed by atoms with E-state index in [-0.39, 0.29) is 23.7 Å². The van der Waals surface area contributed by atoms with Gasteiger partial charge in [0.25, 0.3) is 5.56 Å². The molecule has 1 unspecified atom stereocenters. The number of aliphatic hydroxyl groups excluding tert-OH is 1. The molecular weight excluding hydrogens is 357 g/mol. The van der Waals surface area contributed by atoms with Gasteiger partial charge < -0.3 is 20.5 Å². The lowest BCUT2D eigenvalue weighted by Crippen LogP contribution is -2.29. The van der Waals surface area contributed by atoms with Crippen molar-refractivity contribution >= 4 is 24.9 Å². The molecule has 0 aliphatic carbocycles. The highest BCUT2D eigenvalue weighted by Gasteiger charge is 2.43. The number of nitrogens with one attached hydrogen (secondary N) is 1. The highest BCUT2D eigenvalue weighted by Crippen LogP contribution is 2.44. The molecule has 0 saturated carbocycles. The van der Waals surface area contributed by atoms with Gasteiger partial charge in [-0.3, -0.25) is 23.4 Å².